The van der Waals surface area contributed by atoms with Crippen LogP contribution in [0.3, 0.4) is 0 Å². The average molecular weight is 370 g/mol. The summed E-state index contributed by atoms with van der Waals surface area (Å²) in [5.41, 5.74) is 2.09. The fourth-order valence-electron chi connectivity index (χ4n) is 2.19. The van der Waals surface area contributed by atoms with Gasteiger partial charge in [0.25, 0.3) is 5.91 Å². The van der Waals surface area contributed by atoms with E-state index >= 15 is 0 Å². The lowest BCUT2D eigenvalue weighted by molar-refractivity contribution is -0.112. The highest BCUT2D eigenvalue weighted by molar-refractivity contribution is 7.89. The third-order valence-corrected chi connectivity index (χ3v) is 4.51. The molecule has 7 nitrogen and oxygen atoms in total. The summed E-state index contributed by atoms with van der Waals surface area (Å²) in [6, 6.07) is 14.8. The van der Waals surface area contributed by atoms with Crippen molar-refractivity contribution in [2.24, 2.45) is 5.14 Å². The van der Waals surface area contributed by atoms with Crippen LogP contribution in [-0.2, 0) is 21.2 Å². The molecule has 0 aromatic heterocycles. The Bertz CT molecular complexity index is 974. The molecule has 0 spiro atoms. The molecular weight excluding hydrogens is 352 g/mol. The quantitative estimate of drug-likeness (QED) is 0.532. The monoisotopic (exact) mass is 370 g/mol. The maximum Gasteiger partial charge on any atom is 0.267 e. The van der Waals surface area contributed by atoms with E-state index in [4.69, 9.17) is 5.14 Å². The second-order valence-electron chi connectivity index (χ2n) is 5.35. The van der Waals surface area contributed by atoms with Crippen molar-refractivity contribution >= 4 is 27.3 Å². The van der Waals surface area contributed by atoms with E-state index in [0.717, 1.165) is 17.7 Å². The van der Waals surface area contributed by atoms with Crippen molar-refractivity contribution < 1.29 is 13.2 Å². The van der Waals surface area contributed by atoms with Gasteiger partial charge in [0.05, 0.1) is 4.90 Å². The van der Waals surface area contributed by atoms with Crippen LogP contribution in [0.1, 0.15) is 12.5 Å². The molecule has 0 saturated heterocycles. The summed E-state index contributed by atoms with van der Waals surface area (Å²) in [6.45, 7) is 2.01. The molecule has 0 fully saturated rings. The van der Waals surface area contributed by atoms with Gasteiger partial charge >= 0.3 is 0 Å². The van der Waals surface area contributed by atoms with Crippen molar-refractivity contribution in [2.75, 3.05) is 10.6 Å². The summed E-state index contributed by atoms with van der Waals surface area (Å²) in [6.07, 6.45) is 2.14. The number of nitrogens with two attached hydrogens (primary N) is 1. The average Bonchev–Trinajstić information content (AvgIpc) is 2.62. The zero-order chi connectivity index (χ0) is 19.2. The fraction of sp³-hybridized carbons (Fsp3) is 0.111. The lowest BCUT2D eigenvalue weighted by atomic mass is 10.1. The van der Waals surface area contributed by atoms with Crippen molar-refractivity contribution in [3.05, 3.63) is 65.9 Å². The van der Waals surface area contributed by atoms with Crippen molar-refractivity contribution in [1.82, 2.24) is 0 Å². The van der Waals surface area contributed by atoms with E-state index in [1.54, 1.807) is 0 Å². The Kier molecular flexibility index (Phi) is 6.11. The van der Waals surface area contributed by atoms with Crippen molar-refractivity contribution in [3.8, 4) is 6.07 Å². The number of nitrogens with one attached hydrogen (secondary N) is 2. The molecule has 26 heavy (non-hydrogen) atoms. The topological polar surface area (TPSA) is 125 Å². The zero-order valence-corrected chi connectivity index (χ0v) is 14.9. The van der Waals surface area contributed by atoms with E-state index in [0.29, 0.717) is 5.69 Å². The van der Waals surface area contributed by atoms with E-state index in [1.165, 1.54) is 30.5 Å². The number of amides is 1. The molecule has 0 aliphatic heterocycles. The van der Waals surface area contributed by atoms with Gasteiger partial charge in [0, 0.05) is 17.6 Å². The van der Waals surface area contributed by atoms with E-state index in [2.05, 4.69) is 10.6 Å². The molecule has 0 atom stereocenters. The smallest absolute Gasteiger partial charge is 0.267 e. The minimum absolute atomic E-state index is 0.0654. The highest BCUT2D eigenvalue weighted by atomic mass is 32.2. The lowest BCUT2D eigenvalue weighted by Gasteiger charge is -2.08. The van der Waals surface area contributed by atoms with Gasteiger partial charge in [-0.05, 0) is 42.3 Å². The van der Waals surface area contributed by atoms with Crippen LogP contribution < -0.4 is 15.8 Å². The lowest BCUT2D eigenvalue weighted by Crippen LogP contribution is -2.15. The normalized spacial score (nSPS) is 11.5. The van der Waals surface area contributed by atoms with Crippen LogP contribution in [0.5, 0.6) is 0 Å². The van der Waals surface area contributed by atoms with Gasteiger partial charge in [-0.25, -0.2) is 13.6 Å². The van der Waals surface area contributed by atoms with Crippen LogP contribution >= 0.6 is 0 Å². The van der Waals surface area contributed by atoms with Gasteiger partial charge in [-0.3, -0.25) is 4.79 Å². The van der Waals surface area contributed by atoms with Gasteiger partial charge < -0.3 is 10.6 Å². The van der Waals surface area contributed by atoms with Crippen molar-refractivity contribution in [1.29, 1.82) is 5.26 Å². The van der Waals surface area contributed by atoms with Crippen LogP contribution in [0.4, 0.5) is 11.4 Å². The molecule has 2 aromatic carbocycles. The highest BCUT2D eigenvalue weighted by Gasteiger charge is 2.11. The number of para-hydroxylation sites is 1. The van der Waals surface area contributed by atoms with Gasteiger partial charge in [-0.1, -0.05) is 25.1 Å². The Morgan fingerprint density at radius 1 is 1.19 bits per heavy atom. The largest absolute Gasteiger partial charge is 0.360 e. The Morgan fingerprint density at radius 2 is 1.85 bits per heavy atom. The molecule has 2 aromatic rings. The van der Waals surface area contributed by atoms with Crippen molar-refractivity contribution in [3.63, 3.8) is 0 Å². The Labute approximate surface area is 152 Å². The van der Waals surface area contributed by atoms with Crippen LogP contribution in [0.15, 0.2) is 65.2 Å². The molecule has 0 radical (unpaired) electrons. The van der Waals surface area contributed by atoms with Crippen LogP contribution in [-0.4, -0.2) is 14.3 Å². The van der Waals surface area contributed by atoms with E-state index < -0.39 is 15.9 Å². The number of aryl methyl sites for hydroxylation is 1. The molecule has 0 unspecified atom stereocenters. The minimum Gasteiger partial charge on any atom is -0.360 e. The SMILES string of the molecule is CCc1ccccc1N/C=C(/C#N)C(=O)Nc1ccc(S(N)(=O)=O)cc1. The molecule has 1 amide bonds. The number of anilines is 2. The summed E-state index contributed by atoms with van der Waals surface area (Å²) < 4.78 is 22.4. The number of carbonyl (C=O) groups is 1. The molecule has 0 bridgehead atoms. The van der Waals surface area contributed by atoms with Gasteiger partial charge in [-0.15, -0.1) is 0 Å². The number of hydrogen-bond acceptors (Lipinski definition) is 5. The Balaban J connectivity index is 2.12. The first-order valence-corrected chi connectivity index (χ1v) is 9.28. The molecule has 4 N–H and O–H groups in total. The van der Waals surface area contributed by atoms with Crippen LogP contribution in [0.25, 0.3) is 0 Å². The molecule has 2 rings (SSSR count). The molecule has 0 aliphatic rings. The molecule has 0 saturated carbocycles. The van der Waals surface area contributed by atoms with E-state index in [9.17, 15) is 18.5 Å². The fourth-order valence-corrected chi connectivity index (χ4v) is 2.71. The molecule has 134 valence electrons. The summed E-state index contributed by atoms with van der Waals surface area (Å²) in [7, 11) is -3.80. The number of rotatable bonds is 6. The van der Waals surface area contributed by atoms with Crippen LogP contribution in [0.2, 0.25) is 0 Å². The summed E-state index contributed by atoms with van der Waals surface area (Å²) in [4.78, 5) is 12.2. The standard InChI is InChI=1S/C18H18N4O3S/c1-2-13-5-3-4-6-17(13)21-12-14(11-19)18(23)22-15-7-9-16(10-8-15)26(20,24)25/h3-10,12,21H,2H2,1H3,(H,22,23)(H2,20,24,25)/b14-12-. The number of nitrogens with zero attached hydrogens (tertiary/aromatic N) is 1. The highest BCUT2D eigenvalue weighted by Crippen LogP contribution is 2.17. The number of sulfonamides is 1. The number of nitriles is 1. The summed E-state index contributed by atoms with van der Waals surface area (Å²) >= 11 is 0. The molecule has 0 aliphatic carbocycles. The van der Waals surface area contributed by atoms with Gasteiger partial charge in [0.2, 0.25) is 10.0 Å². The van der Waals surface area contributed by atoms with Gasteiger partial charge in [0.15, 0.2) is 0 Å². The second kappa shape index (κ2) is 8.29. The third-order valence-electron chi connectivity index (χ3n) is 3.58. The first-order chi connectivity index (χ1) is 12.3. The second-order valence-corrected chi connectivity index (χ2v) is 6.91. The maximum absolute atomic E-state index is 12.2. The number of primary sulfonamides is 1. The summed E-state index contributed by atoms with van der Waals surface area (Å²) in [5, 5.41) is 19.7. The van der Waals surface area contributed by atoms with E-state index in [1.807, 2.05) is 37.3 Å². The van der Waals surface area contributed by atoms with Crippen LogP contribution in [0, 0.1) is 11.3 Å². The number of carbonyl (C=O) groups excluding carboxylic acids is 1. The Morgan fingerprint density at radius 3 is 2.42 bits per heavy atom. The third kappa shape index (κ3) is 4.92. The minimum atomic E-state index is -3.80. The number of hydrogen-bond donors (Lipinski definition) is 3. The maximum atomic E-state index is 12.2. The Hall–Kier alpha value is -3.15. The van der Waals surface area contributed by atoms with Crippen molar-refractivity contribution in [2.45, 2.75) is 18.2 Å². The molecule has 0 heterocycles. The first kappa shape index (κ1) is 19.2. The van der Waals surface area contributed by atoms with Gasteiger partial charge in [-0.2, -0.15) is 5.26 Å². The zero-order valence-electron chi connectivity index (χ0n) is 14.1. The predicted molar refractivity (Wildman–Crippen MR) is 99.6 cm³/mol. The molecular formula is C18H18N4O3S. The summed E-state index contributed by atoms with van der Waals surface area (Å²) in [5.74, 6) is -0.614. The molecule has 8 heteroatoms. The predicted octanol–water partition coefficient (Wildman–Crippen LogP) is 2.35. The first-order valence-electron chi connectivity index (χ1n) is 7.74. The van der Waals surface area contributed by atoms with Gasteiger partial charge in [0.1, 0.15) is 11.6 Å². The number of benzene rings is 2. The van der Waals surface area contributed by atoms with E-state index in [-0.39, 0.29) is 10.5 Å².